The van der Waals surface area contributed by atoms with Gasteiger partial charge in [-0.25, -0.2) is 4.79 Å². The highest BCUT2D eigenvalue weighted by Gasteiger charge is 2.30. The Morgan fingerprint density at radius 3 is 1.71 bits per heavy atom. The molecule has 0 saturated heterocycles. The Morgan fingerprint density at radius 1 is 0.771 bits per heavy atom. The monoisotopic (exact) mass is 492 g/mol. The molecule has 5 amide bonds. The predicted octanol–water partition coefficient (Wildman–Crippen LogP) is -2.35. The molecule has 1 aromatic rings. The number of primary amides is 2. The number of rotatable bonds is 15. The van der Waals surface area contributed by atoms with E-state index < -0.39 is 59.7 Å². The normalized spacial score (nSPS) is 14.0. The van der Waals surface area contributed by atoms with Gasteiger partial charge in [-0.3, -0.25) is 24.0 Å². The Kier molecular flexibility index (Phi) is 11.9. The number of carboxylic acid groups (broad SMARTS) is 1. The van der Waals surface area contributed by atoms with E-state index in [2.05, 4.69) is 16.0 Å². The molecular weight excluding hydrogens is 460 g/mol. The molecule has 0 aliphatic heterocycles. The summed E-state index contributed by atoms with van der Waals surface area (Å²) < 4.78 is 0. The first-order chi connectivity index (χ1) is 16.4. The standard InChI is InChI=1S/C22H32N6O7/c1-12(23)19(31)28-16(11-13-5-3-2-4-6-13)21(33)26-14(7-9-17(24)29)20(32)27-15(22(34)35)8-10-18(25)30/h2-6,12,14-16H,7-11,23H2,1H3,(H2,24,29)(H2,25,30)(H,26,33)(H,27,32)(H,28,31)(H,34,35). The van der Waals surface area contributed by atoms with Crippen molar-refractivity contribution >= 4 is 35.5 Å². The van der Waals surface area contributed by atoms with Gasteiger partial charge in [0.1, 0.15) is 18.1 Å². The molecule has 1 rings (SSSR count). The second kappa shape index (κ2) is 14.3. The zero-order chi connectivity index (χ0) is 26.5. The molecule has 1 aromatic carbocycles. The molecule has 0 bridgehead atoms. The van der Waals surface area contributed by atoms with Crippen LogP contribution in [0.5, 0.6) is 0 Å². The van der Waals surface area contributed by atoms with Gasteiger partial charge in [-0.15, -0.1) is 0 Å². The van der Waals surface area contributed by atoms with Crippen molar-refractivity contribution in [2.45, 2.75) is 63.2 Å². The summed E-state index contributed by atoms with van der Waals surface area (Å²) in [5.74, 6) is -5.17. The van der Waals surface area contributed by atoms with Gasteiger partial charge >= 0.3 is 5.97 Å². The molecule has 0 spiro atoms. The summed E-state index contributed by atoms with van der Waals surface area (Å²) in [5.41, 5.74) is 16.5. The number of carbonyl (C=O) groups excluding carboxylic acids is 5. The molecule has 192 valence electrons. The highest BCUT2D eigenvalue weighted by Crippen LogP contribution is 2.07. The van der Waals surface area contributed by atoms with Crippen LogP contribution in [-0.2, 0) is 35.2 Å². The van der Waals surface area contributed by atoms with Crippen molar-refractivity contribution in [2.75, 3.05) is 0 Å². The molecule has 0 aliphatic carbocycles. The lowest BCUT2D eigenvalue weighted by Crippen LogP contribution is -2.57. The SMILES string of the molecule is CC(N)C(=O)NC(Cc1ccccc1)C(=O)NC(CCC(N)=O)C(=O)NC(CCC(N)=O)C(=O)O. The lowest BCUT2D eigenvalue weighted by Gasteiger charge is -2.25. The van der Waals surface area contributed by atoms with E-state index in [1.807, 2.05) is 0 Å². The van der Waals surface area contributed by atoms with E-state index in [-0.39, 0.29) is 32.1 Å². The summed E-state index contributed by atoms with van der Waals surface area (Å²) in [4.78, 5) is 71.8. The molecule has 0 saturated carbocycles. The third-order valence-corrected chi connectivity index (χ3v) is 4.94. The van der Waals surface area contributed by atoms with Gasteiger partial charge in [0.2, 0.25) is 29.5 Å². The fourth-order valence-electron chi connectivity index (χ4n) is 3.01. The summed E-state index contributed by atoms with van der Waals surface area (Å²) >= 11 is 0. The van der Waals surface area contributed by atoms with Gasteiger partial charge in [0, 0.05) is 19.3 Å². The van der Waals surface area contributed by atoms with Crippen molar-refractivity contribution in [1.29, 1.82) is 0 Å². The Hall–Kier alpha value is -4.00. The van der Waals surface area contributed by atoms with E-state index in [1.165, 1.54) is 6.92 Å². The first-order valence-corrected chi connectivity index (χ1v) is 10.9. The first kappa shape index (κ1) is 29.0. The third kappa shape index (κ3) is 11.1. The molecule has 0 heterocycles. The van der Waals surface area contributed by atoms with Gasteiger partial charge in [-0.05, 0) is 25.3 Å². The molecule has 35 heavy (non-hydrogen) atoms. The molecule has 0 fully saturated rings. The number of amides is 5. The van der Waals surface area contributed by atoms with Crippen LogP contribution in [0.3, 0.4) is 0 Å². The molecule has 0 aliphatic rings. The number of nitrogens with two attached hydrogens (primary N) is 3. The van der Waals surface area contributed by atoms with E-state index in [9.17, 15) is 33.9 Å². The van der Waals surface area contributed by atoms with Gasteiger partial charge in [-0.1, -0.05) is 30.3 Å². The predicted molar refractivity (Wildman–Crippen MR) is 124 cm³/mol. The van der Waals surface area contributed by atoms with Crippen LogP contribution >= 0.6 is 0 Å². The number of hydrogen-bond acceptors (Lipinski definition) is 7. The number of hydrogen-bond donors (Lipinski definition) is 7. The summed E-state index contributed by atoms with van der Waals surface area (Å²) in [6.45, 7) is 1.44. The summed E-state index contributed by atoms with van der Waals surface area (Å²) in [6, 6.07) is 3.92. The average Bonchev–Trinajstić information content (AvgIpc) is 2.78. The lowest BCUT2D eigenvalue weighted by molar-refractivity contribution is -0.142. The van der Waals surface area contributed by atoms with Crippen LogP contribution in [0.2, 0.25) is 0 Å². The van der Waals surface area contributed by atoms with Crippen molar-refractivity contribution in [3.8, 4) is 0 Å². The molecular formula is C22H32N6O7. The minimum Gasteiger partial charge on any atom is -0.480 e. The average molecular weight is 493 g/mol. The largest absolute Gasteiger partial charge is 0.480 e. The van der Waals surface area contributed by atoms with Gasteiger partial charge in [0.25, 0.3) is 0 Å². The first-order valence-electron chi connectivity index (χ1n) is 10.9. The Labute approximate surface area is 202 Å². The smallest absolute Gasteiger partial charge is 0.326 e. The van der Waals surface area contributed by atoms with Crippen molar-refractivity contribution < 1.29 is 33.9 Å². The zero-order valence-electron chi connectivity index (χ0n) is 19.4. The number of nitrogens with one attached hydrogen (secondary N) is 3. The number of benzene rings is 1. The van der Waals surface area contributed by atoms with E-state index in [0.717, 1.165) is 0 Å². The van der Waals surface area contributed by atoms with Crippen LogP contribution in [0.25, 0.3) is 0 Å². The fraction of sp³-hybridized carbons (Fsp3) is 0.455. The Bertz CT molecular complexity index is 922. The zero-order valence-corrected chi connectivity index (χ0v) is 19.4. The lowest BCUT2D eigenvalue weighted by atomic mass is 10.0. The van der Waals surface area contributed by atoms with E-state index >= 15 is 0 Å². The molecule has 0 aromatic heterocycles. The van der Waals surface area contributed by atoms with Crippen molar-refractivity contribution in [3.63, 3.8) is 0 Å². The van der Waals surface area contributed by atoms with Gasteiger partial charge < -0.3 is 38.3 Å². The maximum absolute atomic E-state index is 13.1. The molecule has 4 atom stereocenters. The van der Waals surface area contributed by atoms with Crippen LogP contribution in [-0.4, -0.2) is 64.8 Å². The van der Waals surface area contributed by atoms with E-state index in [1.54, 1.807) is 30.3 Å². The maximum atomic E-state index is 13.1. The Morgan fingerprint density at radius 2 is 1.23 bits per heavy atom. The molecule has 13 heteroatoms. The summed E-state index contributed by atoms with van der Waals surface area (Å²) in [6.07, 6.45) is -1.00. The van der Waals surface area contributed by atoms with Crippen LogP contribution in [0.4, 0.5) is 0 Å². The molecule has 0 radical (unpaired) electrons. The highest BCUT2D eigenvalue weighted by atomic mass is 16.4. The summed E-state index contributed by atoms with van der Waals surface area (Å²) in [7, 11) is 0. The van der Waals surface area contributed by atoms with Crippen LogP contribution in [0.15, 0.2) is 30.3 Å². The maximum Gasteiger partial charge on any atom is 0.326 e. The second-order valence-electron chi connectivity index (χ2n) is 8.01. The number of aliphatic carboxylic acids is 1. The highest BCUT2D eigenvalue weighted by molar-refractivity contribution is 5.94. The molecule has 10 N–H and O–H groups in total. The van der Waals surface area contributed by atoms with Crippen molar-refractivity contribution in [3.05, 3.63) is 35.9 Å². The fourth-order valence-corrected chi connectivity index (χ4v) is 3.01. The van der Waals surface area contributed by atoms with Crippen LogP contribution in [0.1, 0.15) is 38.2 Å². The van der Waals surface area contributed by atoms with E-state index in [4.69, 9.17) is 17.2 Å². The van der Waals surface area contributed by atoms with Crippen LogP contribution in [0, 0.1) is 0 Å². The molecule has 4 unspecified atom stereocenters. The minimum absolute atomic E-state index is 0.0751. The minimum atomic E-state index is -1.46. The summed E-state index contributed by atoms with van der Waals surface area (Å²) in [5, 5.41) is 16.5. The third-order valence-electron chi connectivity index (χ3n) is 4.94. The topological polar surface area (TPSA) is 237 Å². The van der Waals surface area contributed by atoms with Crippen LogP contribution < -0.4 is 33.2 Å². The Balaban J connectivity index is 3.07. The van der Waals surface area contributed by atoms with Gasteiger partial charge in [-0.2, -0.15) is 0 Å². The van der Waals surface area contributed by atoms with Gasteiger partial charge in [0.05, 0.1) is 6.04 Å². The number of carboxylic acids is 1. The van der Waals surface area contributed by atoms with Crippen molar-refractivity contribution in [2.24, 2.45) is 17.2 Å². The quantitative estimate of drug-likeness (QED) is 0.139. The van der Waals surface area contributed by atoms with Crippen molar-refractivity contribution in [1.82, 2.24) is 16.0 Å². The molecule has 13 nitrogen and oxygen atoms in total. The second-order valence-corrected chi connectivity index (χ2v) is 8.01. The van der Waals surface area contributed by atoms with E-state index in [0.29, 0.717) is 5.56 Å². The number of carbonyl (C=O) groups is 6. The van der Waals surface area contributed by atoms with Gasteiger partial charge in [0.15, 0.2) is 0 Å².